The van der Waals surface area contributed by atoms with Gasteiger partial charge in [-0.05, 0) is 0 Å². The standard InChI is InChI=1S/C18H20NO.3CH3.Pb/c1-19(2)15-9-14-18(20,16-10-5-3-6-11-16)17-12-7-4-8-13-17;;;;/h3-13,20H,15H2,1-2H3;3*1H3;. The molecule has 24 heavy (non-hydrogen) atoms. The molecule has 0 unspecified atom stereocenters. The molecule has 0 saturated carbocycles. The van der Waals surface area contributed by atoms with Crippen molar-refractivity contribution in [3.05, 3.63) is 81.0 Å². The van der Waals surface area contributed by atoms with Crippen molar-refractivity contribution >= 4 is 21.2 Å². The van der Waals surface area contributed by atoms with E-state index in [-0.39, 0.29) is 0 Å². The first-order valence-electron chi connectivity index (χ1n) is 8.45. The van der Waals surface area contributed by atoms with E-state index in [0.717, 1.165) is 17.7 Å². The average Bonchev–Trinajstić information content (AvgIpc) is 2.55. The predicted molar refractivity (Wildman–Crippen MR) is 106 cm³/mol. The zero-order chi connectivity index (χ0) is 17.8. The van der Waals surface area contributed by atoms with E-state index in [9.17, 15) is 5.11 Å². The Balaban J connectivity index is 2.71. The number of rotatable bonds is 6. The number of nitrogens with zero attached hydrogens (tertiary/aromatic N) is 1. The molecule has 2 nitrogen and oxygen atoms in total. The van der Waals surface area contributed by atoms with Gasteiger partial charge in [0, 0.05) is 0 Å². The summed E-state index contributed by atoms with van der Waals surface area (Å²) in [7, 11) is 4.13. The van der Waals surface area contributed by atoms with Gasteiger partial charge in [0.1, 0.15) is 0 Å². The predicted octanol–water partition coefficient (Wildman–Crippen LogP) is 4.29. The van der Waals surface area contributed by atoms with Crippen LogP contribution in [0.25, 0.3) is 0 Å². The van der Waals surface area contributed by atoms with Crippen molar-refractivity contribution in [2.45, 2.75) is 19.0 Å². The Morgan fingerprint density at radius 3 is 1.67 bits per heavy atom. The molecule has 2 aromatic carbocycles. The molecule has 0 aliphatic carbocycles. The maximum atomic E-state index is 12.0. The molecule has 2 aromatic rings. The molecule has 0 fully saturated rings. The van der Waals surface area contributed by atoms with Gasteiger partial charge in [0.25, 0.3) is 0 Å². The van der Waals surface area contributed by atoms with Crippen LogP contribution in [-0.4, -0.2) is 51.8 Å². The second-order valence-electron chi connectivity index (χ2n) is 7.57. The van der Waals surface area contributed by atoms with E-state index in [1.807, 2.05) is 60.7 Å². The van der Waals surface area contributed by atoms with Crippen LogP contribution in [0.5, 0.6) is 0 Å². The molecule has 0 aliphatic rings. The van der Waals surface area contributed by atoms with Gasteiger partial charge in [0.2, 0.25) is 0 Å². The summed E-state index contributed by atoms with van der Waals surface area (Å²) >= 11 is -2.73. The minimum atomic E-state index is -2.73. The molecule has 128 valence electrons. The van der Waals surface area contributed by atoms with Crippen molar-refractivity contribution < 1.29 is 5.11 Å². The molecule has 3 heteroatoms. The van der Waals surface area contributed by atoms with E-state index in [4.69, 9.17) is 0 Å². The van der Waals surface area contributed by atoms with Crippen LogP contribution >= 0.6 is 0 Å². The van der Waals surface area contributed by atoms with Crippen molar-refractivity contribution in [2.24, 2.45) is 0 Å². The summed E-state index contributed by atoms with van der Waals surface area (Å²) in [6.07, 6.45) is 2.27. The molecule has 0 aromatic heterocycles. The van der Waals surface area contributed by atoms with Gasteiger partial charge in [-0.2, -0.15) is 0 Å². The average molecular weight is 519 g/mol. The maximum absolute atomic E-state index is 12.0. The summed E-state index contributed by atoms with van der Waals surface area (Å²) in [5.41, 5.74) is 0.866. The van der Waals surface area contributed by atoms with E-state index in [1.165, 1.54) is 3.13 Å². The van der Waals surface area contributed by atoms with Crippen LogP contribution in [0.2, 0.25) is 13.4 Å². The molecule has 0 saturated heterocycles. The van der Waals surface area contributed by atoms with E-state index < -0.39 is 26.8 Å². The Morgan fingerprint density at radius 1 is 0.917 bits per heavy atom. The molecule has 2 rings (SSSR count). The topological polar surface area (TPSA) is 23.5 Å². The summed E-state index contributed by atoms with van der Waals surface area (Å²) in [6.45, 7) is 0.842. The van der Waals surface area contributed by atoms with Gasteiger partial charge in [-0.25, -0.2) is 0 Å². The van der Waals surface area contributed by atoms with Gasteiger partial charge in [-0.3, -0.25) is 0 Å². The van der Waals surface area contributed by atoms with Crippen molar-refractivity contribution in [2.75, 3.05) is 20.6 Å². The fourth-order valence-corrected chi connectivity index (χ4v) is 11.2. The zero-order valence-electron chi connectivity index (χ0n) is 15.5. The third kappa shape index (κ3) is 4.35. The van der Waals surface area contributed by atoms with Crippen molar-refractivity contribution in [3.8, 4) is 0 Å². The Kier molecular flexibility index (Phi) is 6.40. The molecule has 0 heterocycles. The summed E-state index contributed by atoms with van der Waals surface area (Å²) in [4.78, 5) is 2.15. The summed E-state index contributed by atoms with van der Waals surface area (Å²) in [5, 5.41) is 12.0. The van der Waals surface area contributed by atoms with Crippen LogP contribution < -0.4 is 0 Å². The second kappa shape index (κ2) is 7.93. The van der Waals surface area contributed by atoms with Gasteiger partial charge in [0.15, 0.2) is 0 Å². The fourth-order valence-electron chi connectivity index (χ4n) is 3.11. The molecule has 0 bridgehead atoms. The van der Waals surface area contributed by atoms with Crippen molar-refractivity contribution in [1.82, 2.24) is 4.90 Å². The van der Waals surface area contributed by atoms with Crippen LogP contribution in [0.1, 0.15) is 11.1 Å². The Bertz CT molecular complexity index is 632. The molecular formula is C21H29NOPb. The first kappa shape index (κ1) is 19.3. The minimum absolute atomic E-state index is 0.842. The molecule has 0 radical (unpaired) electrons. The van der Waals surface area contributed by atoms with E-state index in [0.29, 0.717) is 0 Å². The summed E-state index contributed by atoms with van der Waals surface area (Å²) in [6, 6.07) is 20.2. The van der Waals surface area contributed by atoms with Crippen LogP contribution in [0.15, 0.2) is 69.9 Å². The van der Waals surface area contributed by atoms with Crippen LogP contribution in [0.4, 0.5) is 0 Å². The van der Waals surface area contributed by atoms with E-state index in [2.05, 4.69) is 38.5 Å². The van der Waals surface area contributed by atoms with Crippen molar-refractivity contribution in [3.63, 3.8) is 0 Å². The Morgan fingerprint density at radius 2 is 1.33 bits per heavy atom. The quantitative estimate of drug-likeness (QED) is 0.577. The third-order valence-electron chi connectivity index (χ3n) is 4.24. The molecule has 0 aliphatic heterocycles. The summed E-state index contributed by atoms with van der Waals surface area (Å²) in [5.74, 6) is 0. The van der Waals surface area contributed by atoms with Gasteiger partial charge in [0.05, 0.1) is 0 Å². The monoisotopic (exact) mass is 519 g/mol. The van der Waals surface area contributed by atoms with Crippen LogP contribution in [-0.2, 0) is 5.60 Å². The van der Waals surface area contributed by atoms with Gasteiger partial charge >= 0.3 is 152 Å². The third-order valence-corrected chi connectivity index (χ3v) is 12.7. The first-order chi connectivity index (χ1) is 11.3. The number of hydrogen-bond acceptors (Lipinski definition) is 2. The molecule has 0 atom stereocenters. The molecule has 0 amide bonds. The number of likely N-dealkylation sites (N-methyl/N-ethyl adjacent to an activating group) is 1. The van der Waals surface area contributed by atoms with E-state index >= 15 is 0 Å². The number of benzene rings is 2. The Hall–Kier alpha value is -0.978. The number of hydrogen-bond donors (Lipinski definition) is 1. The van der Waals surface area contributed by atoms with Gasteiger partial charge in [-0.1, -0.05) is 0 Å². The normalized spacial score (nSPS) is 13.4. The zero-order valence-corrected chi connectivity index (χ0v) is 19.3. The first-order valence-corrected chi connectivity index (χ1v) is 22.1. The van der Waals surface area contributed by atoms with E-state index in [1.54, 1.807) is 0 Å². The number of aliphatic hydroxyl groups is 1. The van der Waals surface area contributed by atoms with Crippen LogP contribution in [0, 0.1) is 0 Å². The SMILES string of the molecule is CN(C)C/C=[C](\C(O)(c1ccccc1)c1ccccc1)[Pb]([CH3])([CH3])[CH3]. The fraction of sp³-hybridized carbons (Fsp3) is 0.333. The summed E-state index contributed by atoms with van der Waals surface area (Å²) < 4.78 is 8.38. The van der Waals surface area contributed by atoms with Gasteiger partial charge < -0.3 is 0 Å². The van der Waals surface area contributed by atoms with Crippen molar-refractivity contribution in [1.29, 1.82) is 0 Å². The molecule has 0 spiro atoms. The molecular weight excluding hydrogens is 489 g/mol. The second-order valence-corrected chi connectivity index (χ2v) is 27.2. The Labute approximate surface area is 151 Å². The molecule has 1 N–H and O–H groups in total. The van der Waals surface area contributed by atoms with Crippen LogP contribution in [0.3, 0.4) is 0 Å². The van der Waals surface area contributed by atoms with Gasteiger partial charge in [-0.15, -0.1) is 0 Å².